The summed E-state index contributed by atoms with van der Waals surface area (Å²) in [5.74, 6) is 0.144. The zero-order valence-corrected chi connectivity index (χ0v) is 16.1. The van der Waals surface area contributed by atoms with Crippen LogP contribution in [0.25, 0.3) is 21.3 Å². The van der Waals surface area contributed by atoms with E-state index in [1.165, 1.54) is 24.2 Å². The highest BCUT2D eigenvalue weighted by atomic mass is 79.9. The van der Waals surface area contributed by atoms with Crippen LogP contribution in [0.15, 0.2) is 34.8 Å². The van der Waals surface area contributed by atoms with Crippen molar-refractivity contribution in [1.29, 1.82) is 0 Å². The maximum Gasteiger partial charge on any atom is 0.350 e. The normalized spacial score (nSPS) is 14.0. The molecule has 4 nitrogen and oxygen atoms in total. The summed E-state index contributed by atoms with van der Waals surface area (Å²) in [5.41, 5.74) is 9.99. The van der Waals surface area contributed by atoms with Gasteiger partial charge in [-0.05, 0) is 49.1 Å². The molecule has 1 aliphatic carbocycles. The fourth-order valence-corrected chi connectivity index (χ4v) is 4.22. The number of nitrogen functional groups attached to an aromatic ring is 1. The van der Waals surface area contributed by atoms with Gasteiger partial charge in [0.05, 0.1) is 12.3 Å². The summed E-state index contributed by atoms with van der Waals surface area (Å²) in [6.07, 6.45) is 2.34. The van der Waals surface area contributed by atoms with E-state index < -0.39 is 0 Å². The largest absolute Gasteiger partial charge is 0.462 e. The summed E-state index contributed by atoms with van der Waals surface area (Å²) in [7, 11) is 0. The number of carbonyl (C=O) groups excluding carboxylic acids is 1. The van der Waals surface area contributed by atoms with Crippen LogP contribution in [0.2, 0.25) is 0 Å². The lowest BCUT2D eigenvalue weighted by molar-refractivity contribution is 0.0533. The van der Waals surface area contributed by atoms with Gasteiger partial charge in [0, 0.05) is 21.5 Å². The maximum absolute atomic E-state index is 12.2. The van der Waals surface area contributed by atoms with Crippen LogP contribution in [0, 0.1) is 0 Å². The quantitative estimate of drug-likeness (QED) is 0.581. The summed E-state index contributed by atoms with van der Waals surface area (Å²) in [4.78, 5) is 18.3. The number of esters is 1. The van der Waals surface area contributed by atoms with E-state index in [0.717, 1.165) is 31.5 Å². The molecule has 2 heterocycles. The van der Waals surface area contributed by atoms with Gasteiger partial charge in [-0.1, -0.05) is 28.1 Å². The topological polar surface area (TPSA) is 65.2 Å². The molecule has 2 aromatic heterocycles. The fourth-order valence-electron chi connectivity index (χ4n) is 2.93. The van der Waals surface area contributed by atoms with Gasteiger partial charge in [-0.3, -0.25) is 0 Å². The fraction of sp³-hybridized carbons (Fsp3) is 0.263. The van der Waals surface area contributed by atoms with Crippen molar-refractivity contribution in [3.63, 3.8) is 0 Å². The second-order valence-electron chi connectivity index (χ2n) is 6.12. The number of carbonyl (C=O) groups is 1. The Labute approximate surface area is 158 Å². The first kappa shape index (κ1) is 16.5. The van der Waals surface area contributed by atoms with Crippen molar-refractivity contribution in [3.8, 4) is 11.1 Å². The minimum absolute atomic E-state index is 0.326. The highest BCUT2D eigenvalue weighted by molar-refractivity contribution is 9.10. The Balaban J connectivity index is 1.95. The summed E-state index contributed by atoms with van der Waals surface area (Å²) < 4.78 is 6.17. The number of nitrogens with zero attached hydrogens (tertiary/aromatic N) is 1. The molecule has 0 radical (unpaired) electrons. The zero-order chi connectivity index (χ0) is 17.6. The van der Waals surface area contributed by atoms with Crippen LogP contribution < -0.4 is 5.73 Å². The minimum atomic E-state index is -0.377. The molecule has 0 aliphatic heterocycles. The molecule has 4 rings (SSSR count). The average molecular weight is 417 g/mol. The molecule has 0 amide bonds. The lowest BCUT2D eigenvalue weighted by Gasteiger charge is -2.08. The molecule has 1 aliphatic rings. The zero-order valence-electron chi connectivity index (χ0n) is 13.7. The van der Waals surface area contributed by atoms with E-state index in [-0.39, 0.29) is 5.97 Å². The summed E-state index contributed by atoms with van der Waals surface area (Å²) >= 11 is 4.80. The number of ether oxygens (including phenoxy) is 1. The van der Waals surface area contributed by atoms with Crippen molar-refractivity contribution in [2.24, 2.45) is 0 Å². The van der Waals surface area contributed by atoms with Crippen molar-refractivity contribution in [1.82, 2.24) is 4.98 Å². The summed E-state index contributed by atoms with van der Waals surface area (Å²) in [5, 5.41) is 0.847. The number of benzene rings is 1. The van der Waals surface area contributed by atoms with Gasteiger partial charge in [-0.25, -0.2) is 9.78 Å². The first-order valence-electron chi connectivity index (χ1n) is 8.24. The number of aromatic nitrogens is 1. The van der Waals surface area contributed by atoms with Crippen LogP contribution in [-0.4, -0.2) is 17.6 Å². The predicted molar refractivity (Wildman–Crippen MR) is 105 cm³/mol. The number of fused-ring (bicyclic) bond motifs is 1. The van der Waals surface area contributed by atoms with Crippen LogP contribution >= 0.6 is 27.3 Å². The Morgan fingerprint density at radius 1 is 1.36 bits per heavy atom. The van der Waals surface area contributed by atoms with Gasteiger partial charge in [0.1, 0.15) is 9.71 Å². The van der Waals surface area contributed by atoms with Crippen LogP contribution in [0.4, 0.5) is 5.69 Å². The van der Waals surface area contributed by atoms with E-state index in [9.17, 15) is 4.79 Å². The van der Waals surface area contributed by atoms with Gasteiger partial charge in [0.15, 0.2) is 0 Å². The number of nitrogens with two attached hydrogens (primary N) is 1. The molecule has 2 N–H and O–H groups in total. The number of hydrogen-bond acceptors (Lipinski definition) is 5. The second-order valence-corrected chi connectivity index (χ2v) is 8.04. The number of pyridine rings is 1. The Bertz CT molecular complexity index is 962. The molecule has 1 fully saturated rings. The molecule has 0 bridgehead atoms. The van der Waals surface area contributed by atoms with E-state index in [4.69, 9.17) is 15.5 Å². The smallest absolute Gasteiger partial charge is 0.350 e. The van der Waals surface area contributed by atoms with Crippen LogP contribution in [-0.2, 0) is 4.74 Å². The molecular weight excluding hydrogens is 400 g/mol. The van der Waals surface area contributed by atoms with E-state index >= 15 is 0 Å². The lowest BCUT2D eigenvalue weighted by Crippen LogP contribution is -2.04. The highest BCUT2D eigenvalue weighted by Gasteiger charge is 2.28. The predicted octanol–water partition coefficient (Wildman–Crippen LogP) is 5.36. The van der Waals surface area contributed by atoms with Crippen molar-refractivity contribution in [3.05, 3.63) is 45.4 Å². The van der Waals surface area contributed by atoms with Crippen molar-refractivity contribution in [2.75, 3.05) is 12.3 Å². The van der Waals surface area contributed by atoms with E-state index in [2.05, 4.69) is 34.1 Å². The number of thiophene rings is 1. The Morgan fingerprint density at radius 2 is 2.08 bits per heavy atom. The summed E-state index contributed by atoms with van der Waals surface area (Å²) in [6.45, 7) is 2.12. The van der Waals surface area contributed by atoms with Crippen LogP contribution in [0.1, 0.15) is 41.0 Å². The SMILES string of the molecule is CCOC(=O)c1sc2nc(C3CC3)cc(-c3ccc(Br)cc3)c2c1N. The van der Waals surface area contributed by atoms with E-state index in [0.29, 0.717) is 23.1 Å². The molecule has 0 saturated heterocycles. The molecule has 0 atom stereocenters. The number of halogens is 1. The molecule has 25 heavy (non-hydrogen) atoms. The number of hydrogen-bond donors (Lipinski definition) is 1. The van der Waals surface area contributed by atoms with Crippen LogP contribution in [0.5, 0.6) is 0 Å². The van der Waals surface area contributed by atoms with Gasteiger partial charge < -0.3 is 10.5 Å². The summed E-state index contributed by atoms with van der Waals surface area (Å²) in [6, 6.07) is 10.2. The molecule has 3 aromatic rings. The van der Waals surface area contributed by atoms with Crippen LogP contribution in [0.3, 0.4) is 0 Å². The monoisotopic (exact) mass is 416 g/mol. The molecule has 0 spiro atoms. The van der Waals surface area contributed by atoms with Gasteiger partial charge >= 0.3 is 5.97 Å². The van der Waals surface area contributed by atoms with Crippen molar-refractivity contribution in [2.45, 2.75) is 25.7 Å². The molecule has 6 heteroatoms. The molecule has 128 valence electrons. The third-order valence-corrected chi connectivity index (χ3v) is 5.94. The second kappa shape index (κ2) is 6.42. The highest BCUT2D eigenvalue weighted by Crippen LogP contribution is 2.45. The molecule has 1 aromatic carbocycles. The van der Waals surface area contributed by atoms with Gasteiger partial charge in [-0.15, -0.1) is 11.3 Å². The average Bonchev–Trinajstić information content (AvgIpc) is 3.39. The van der Waals surface area contributed by atoms with Gasteiger partial charge in [0.25, 0.3) is 0 Å². The first-order valence-corrected chi connectivity index (χ1v) is 9.85. The lowest BCUT2D eigenvalue weighted by atomic mass is 10.0. The van der Waals surface area contributed by atoms with E-state index in [1.54, 1.807) is 6.92 Å². The standard InChI is InChI=1S/C19H17BrN2O2S/c1-2-24-19(23)17-16(21)15-13(10-5-7-12(20)8-6-10)9-14(11-3-4-11)22-18(15)25-17/h5-9,11H,2-4,21H2,1H3. The Morgan fingerprint density at radius 3 is 2.72 bits per heavy atom. The van der Waals surface area contributed by atoms with E-state index in [1.807, 2.05) is 12.1 Å². The first-order chi connectivity index (χ1) is 12.1. The van der Waals surface area contributed by atoms with Gasteiger partial charge in [-0.2, -0.15) is 0 Å². The molecule has 0 unspecified atom stereocenters. The number of anilines is 1. The van der Waals surface area contributed by atoms with Crippen molar-refractivity contribution < 1.29 is 9.53 Å². The minimum Gasteiger partial charge on any atom is -0.462 e. The Kier molecular flexibility index (Phi) is 4.25. The number of rotatable bonds is 4. The molecule has 1 saturated carbocycles. The maximum atomic E-state index is 12.2. The third-order valence-electron chi connectivity index (χ3n) is 4.33. The van der Waals surface area contributed by atoms with Crippen molar-refractivity contribution >= 4 is 49.1 Å². The van der Waals surface area contributed by atoms with Gasteiger partial charge in [0.2, 0.25) is 0 Å². The Hall–Kier alpha value is -1.92. The third kappa shape index (κ3) is 3.04. The molecular formula is C19H17BrN2O2S.